The highest BCUT2D eigenvalue weighted by Gasteiger charge is 2.36. The molecule has 0 N–H and O–H groups in total. The zero-order chi connectivity index (χ0) is 15.4. The van der Waals surface area contributed by atoms with Crippen LogP contribution in [0.25, 0.3) is 6.08 Å². The van der Waals surface area contributed by atoms with Crippen molar-refractivity contribution in [1.29, 1.82) is 0 Å². The Morgan fingerprint density at radius 3 is 2.59 bits per heavy atom. The summed E-state index contributed by atoms with van der Waals surface area (Å²) in [5.41, 5.74) is 1.20. The van der Waals surface area contributed by atoms with E-state index in [9.17, 15) is 4.79 Å². The summed E-state index contributed by atoms with van der Waals surface area (Å²) in [5.74, 6) is 0.488. The lowest BCUT2D eigenvalue weighted by molar-refractivity contribution is -0.130. The van der Waals surface area contributed by atoms with E-state index in [-0.39, 0.29) is 12.0 Å². The Hall–Kier alpha value is -1.61. The summed E-state index contributed by atoms with van der Waals surface area (Å²) < 4.78 is 0. The topological polar surface area (TPSA) is 23.6 Å². The minimum absolute atomic E-state index is 0.175. The highest BCUT2D eigenvalue weighted by Crippen LogP contribution is 2.26. The molecular weight excluding hydrogens is 272 g/mol. The molecule has 0 aliphatic carbocycles. The second-order valence-electron chi connectivity index (χ2n) is 6.58. The van der Waals surface area contributed by atoms with E-state index in [1.54, 1.807) is 0 Å². The first-order valence-electron chi connectivity index (χ1n) is 8.46. The summed E-state index contributed by atoms with van der Waals surface area (Å²) in [5, 5.41) is 0. The molecule has 0 radical (unpaired) electrons. The van der Waals surface area contributed by atoms with Gasteiger partial charge in [-0.15, -0.1) is 0 Å². The summed E-state index contributed by atoms with van der Waals surface area (Å²) in [7, 11) is 1.94. The zero-order valence-electron chi connectivity index (χ0n) is 13.4. The Bertz CT molecular complexity index is 519. The lowest BCUT2D eigenvalue weighted by Gasteiger charge is -2.28. The standard InChI is InChI=1S/C19H26N2O/c1-20-18(11-10-16-8-4-2-5-9-16)14-17(19(20)22)15-21-12-6-3-7-13-21/h2,4-5,8-11,17-18H,3,6-7,12-15H2,1H3/b11-10+/t17-,18-/m1/s1. The van der Waals surface area contributed by atoms with Crippen LogP contribution < -0.4 is 0 Å². The quantitative estimate of drug-likeness (QED) is 0.853. The van der Waals surface area contributed by atoms with Crippen molar-refractivity contribution in [3.8, 4) is 0 Å². The number of hydrogen-bond donors (Lipinski definition) is 0. The number of benzene rings is 1. The molecule has 2 atom stereocenters. The lowest BCUT2D eigenvalue weighted by atomic mass is 10.0. The normalized spacial score (nSPS) is 27.0. The summed E-state index contributed by atoms with van der Waals surface area (Å²) in [6.07, 6.45) is 9.19. The molecule has 3 rings (SSSR count). The number of nitrogens with zero attached hydrogens (tertiary/aromatic N) is 2. The van der Waals surface area contributed by atoms with E-state index in [0.29, 0.717) is 5.91 Å². The maximum Gasteiger partial charge on any atom is 0.227 e. The third-order valence-corrected chi connectivity index (χ3v) is 4.96. The van der Waals surface area contributed by atoms with E-state index < -0.39 is 0 Å². The molecule has 0 saturated carbocycles. The Balaban J connectivity index is 1.60. The average Bonchev–Trinajstić information content (AvgIpc) is 2.83. The van der Waals surface area contributed by atoms with Crippen LogP contribution in [0.15, 0.2) is 36.4 Å². The van der Waals surface area contributed by atoms with Crippen molar-refractivity contribution in [1.82, 2.24) is 9.80 Å². The maximum atomic E-state index is 12.5. The first kappa shape index (κ1) is 15.3. The Morgan fingerprint density at radius 2 is 1.86 bits per heavy atom. The number of carbonyl (C=O) groups excluding carboxylic acids is 1. The monoisotopic (exact) mass is 298 g/mol. The summed E-state index contributed by atoms with van der Waals surface area (Å²) >= 11 is 0. The predicted molar refractivity (Wildman–Crippen MR) is 90.4 cm³/mol. The summed E-state index contributed by atoms with van der Waals surface area (Å²) in [6.45, 7) is 3.27. The number of hydrogen-bond acceptors (Lipinski definition) is 2. The minimum atomic E-state index is 0.175. The predicted octanol–water partition coefficient (Wildman–Crippen LogP) is 3.03. The second-order valence-corrected chi connectivity index (χ2v) is 6.58. The van der Waals surface area contributed by atoms with Crippen molar-refractivity contribution >= 4 is 12.0 Å². The number of carbonyl (C=O) groups is 1. The Kier molecular flexibility index (Phi) is 4.94. The molecule has 2 fully saturated rings. The zero-order valence-corrected chi connectivity index (χ0v) is 13.4. The van der Waals surface area contributed by atoms with Gasteiger partial charge in [-0.1, -0.05) is 48.9 Å². The smallest absolute Gasteiger partial charge is 0.227 e. The first-order chi connectivity index (χ1) is 10.7. The van der Waals surface area contributed by atoms with E-state index in [0.717, 1.165) is 26.1 Å². The second kappa shape index (κ2) is 7.10. The van der Waals surface area contributed by atoms with Gasteiger partial charge in [0.2, 0.25) is 5.91 Å². The number of amides is 1. The summed E-state index contributed by atoms with van der Waals surface area (Å²) in [4.78, 5) is 16.9. The molecule has 2 heterocycles. The third-order valence-electron chi connectivity index (χ3n) is 4.96. The van der Waals surface area contributed by atoms with E-state index in [2.05, 4.69) is 29.2 Å². The van der Waals surface area contributed by atoms with Crippen LogP contribution in [0, 0.1) is 5.92 Å². The number of rotatable bonds is 4. The van der Waals surface area contributed by atoms with E-state index in [4.69, 9.17) is 0 Å². The van der Waals surface area contributed by atoms with Gasteiger partial charge >= 0.3 is 0 Å². The fourth-order valence-electron chi connectivity index (χ4n) is 3.60. The van der Waals surface area contributed by atoms with Gasteiger partial charge in [0.05, 0.1) is 12.0 Å². The molecular formula is C19H26N2O. The molecule has 2 aliphatic heterocycles. The molecule has 1 aromatic rings. The van der Waals surface area contributed by atoms with Gasteiger partial charge in [0, 0.05) is 13.6 Å². The van der Waals surface area contributed by atoms with Gasteiger partial charge in [-0.2, -0.15) is 0 Å². The van der Waals surface area contributed by atoms with Gasteiger partial charge in [-0.25, -0.2) is 0 Å². The fourth-order valence-corrected chi connectivity index (χ4v) is 3.60. The van der Waals surface area contributed by atoms with Crippen LogP contribution in [0.5, 0.6) is 0 Å². The third kappa shape index (κ3) is 3.58. The number of likely N-dealkylation sites (tertiary alicyclic amines) is 2. The van der Waals surface area contributed by atoms with Crippen LogP contribution in [-0.4, -0.2) is 48.4 Å². The Morgan fingerprint density at radius 1 is 1.14 bits per heavy atom. The van der Waals surface area contributed by atoms with Crippen LogP contribution >= 0.6 is 0 Å². The van der Waals surface area contributed by atoms with Crippen LogP contribution in [-0.2, 0) is 4.79 Å². The van der Waals surface area contributed by atoms with Crippen LogP contribution in [0.2, 0.25) is 0 Å². The van der Waals surface area contributed by atoms with E-state index in [1.165, 1.54) is 24.8 Å². The van der Waals surface area contributed by atoms with Gasteiger partial charge in [-0.05, 0) is 37.9 Å². The SMILES string of the molecule is CN1C(=O)[C@@H](CN2CCCCC2)C[C@H]1/C=C/c1ccccc1. The van der Waals surface area contributed by atoms with Crippen molar-refractivity contribution in [3.63, 3.8) is 0 Å². The first-order valence-corrected chi connectivity index (χ1v) is 8.46. The lowest BCUT2D eigenvalue weighted by Crippen LogP contribution is -2.37. The number of likely N-dealkylation sites (N-methyl/N-ethyl adjacent to an activating group) is 1. The average molecular weight is 298 g/mol. The fraction of sp³-hybridized carbons (Fsp3) is 0.526. The molecule has 1 amide bonds. The minimum Gasteiger partial charge on any atom is -0.339 e. The highest BCUT2D eigenvalue weighted by atomic mass is 16.2. The number of piperidine rings is 1. The van der Waals surface area contributed by atoms with Gasteiger partial charge < -0.3 is 9.80 Å². The van der Waals surface area contributed by atoms with Crippen molar-refractivity contribution in [3.05, 3.63) is 42.0 Å². The van der Waals surface area contributed by atoms with Gasteiger partial charge in [0.25, 0.3) is 0 Å². The molecule has 0 spiro atoms. The molecule has 2 saturated heterocycles. The molecule has 0 bridgehead atoms. The van der Waals surface area contributed by atoms with Gasteiger partial charge in [-0.3, -0.25) is 4.79 Å². The molecule has 118 valence electrons. The molecule has 2 aliphatic rings. The maximum absolute atomic E-state index is 12.5. The van der Waals surface area contributed by atoms with Crippen molar-refractivity contribution in [2.24, 2.45) is 5.92 Å². The largest absolute Gasteiger partial charge is 0.339 e. The van der Waals surface area contributed by atoms with Crippen LogP contribution in [0.4, 0.5) is 0 Å². The van der Waals surface area contributed by atoms with Crippen molar-refractivity contribution in [2.45, 2.75) is 31.7 Å². The van der Waals surface area contributed by atoms with E-state index >= 15 is 0 Å². The van der Waals surface area contributed by atoms with Crippen molar-refractivity contribution < 1.29 is 4.79 Å². The van der Waals surface area contributed by atoms with Crippen molar-refractivity contribution in [2.75, 3.05) is 26.7 Å². The molecule has 3 heteroatoms. The molecule has 0 unspecified atom stereocenters. The van der Waals surface area contributed by atoms with Gasteiger partial charge in [0.1, 0.15) is 0 Å². The van der Waals surface area contributed by atoms with Crippen LogP contribution in [0.1, 0.15) is 31.2 Å². The van der Waals surface area contributed by atoms with E-state index in [1.807, 2.05) is 30.1 Å². The molecule has 1 aromatic carbocycles. The molecule has 0 aromatic heterocycles. The summed E-state index contributed by atoms with van der Waals surface area (Å²) in [6, 6.07) is 10.5. The molecule has 3 nitrogen and oxygen atoms in total. The molecule has 22 heavy (non-hydrogen) atoms. The van der Waals surface area contributed by atoms with Crippen LogP contribution in [0.3, 0.4) is 0 Å². The highest BCUT2D eigenvalue weighted by molar-refractivity contribution is 5.82. The Labute approximate surface area is 133 Å². The van der Waals surface area contributed by atoms with Gasteiger partial charge in [0.15, 0.2) is 0 Å².